The van der Waals surface area contributed by atoms with Crippen LogP contribution in [0.25, 0.3) is 11.3 Å². The van der Waals surface area contributed by atoms with Crippen molar-refractivity contribution in [2.24, 2.45) is 0 Å². The molecule has 4 aromatic rings. The number of hydrogen-bond acceptors (Lipinski definition) is 4. The third-order valence-electron chi connectivity index (χ3n) is 5.03. The molecule has 0 radical (unpaired) electrons. The maximum absolute atomic E-state index is 13.2. The van der Waals surface area contributed by atoms with Gasteiger partial charge in [0.25, 0.3) is 5.91 Å². The first-order valence-corrected chi connectivity index (χ1v) is 10.2. The van der Waals surface area contributed by atoms with E-state index in [4.69, 9.17) is 4.74 Å². The Morgan fingerprint density at radius 2 is 1.72 bits per heavy atom. The van der Waals surface area contributed by atoms with E-state index in [1.807, 2.05) is 38.1 Å². The molecule has 0 saturated carbocycles. The van der Waals surface area contributed by atoms with Crippen molar-refractivity contribution >= 4 is 5.91 Å². The second kappa shape index (κ2) is 9.39. The molecule has 1 unspecified atom stereocenters. The number of ether oxygens (including phenoxy) is 1. The fourth-order valence-corrected chi connectivity index (χ4v) is 3.21. The minimum atomic E-state index is -0.314. The molecule has 32 heavy (non-hydrogen) atoms. The van der Waals surface area contributed by atoms with Crippen molar-refractivity contribution in [3.05, 3.63) is 108 Å². The molecule has 6 heteroatoms. The highest BCUT2D eigenvalue weighted by Crippen LogP contribution is 2.25. The molecule has 1 atom stereocenters. The van der Waals surface area contributed by atoms with Crippen LogP contribution in [-0.2, 0) is 0 Å². The van der Waals surface area contributed by atoms with Gasteiger partial charge in [0.15, 0.2) is 0 Å². The normalized spacial score (nSPS) is 11.6. The van der Waals surface area contributed by atoms with Crippen LogP contribution in [0.5, 0.6) is 11.6 Å². The summed E-state index contributed by atoms with van der Waals surface area (Å²) in [6.07, 6.45) is 1.38. The molecular formula is C26H22FN3O2. The lowest BCUT2D eigenvalue weighted by atomic mass is 10.1. The Morgan fingerprint density at radius 3 is 2.47 bits per heavy atom. The Kier molecular flexibility index (Phi) is 6.22. The number of halogens is 1. The maximum Gasteiger partial charge on any atom is 0.251 e. The van der Waals surface area contributed by atoms with Crippen LogP contribution in [0.3, 0.4) is 0 Å². The third-order valence-corrected chi connectivity index (χ3v) is 5.03. The van der Waals surface area contributed by atoms with Gasteiger partial charge in [0.05, 0.1) is 11.7 Å². The molecule has 0 spiro atoms. The molecular weight excluding hydrogens is 405 g/mol. The summed E-state index contributed by atoms with van der Waals surface area (Å²) in [5.74, 6) is 0.290. The number of benzene rings is 3. The molecule has 0 bridgehead atoms. The minimum absolute atomic E-state index is 0.132. The van der Waals surface area contributed by atoms with E-state index in [1.54, 1.807) is 42.5 Å². The number of nitrogens with one attached hydrogen (secondary N) is 1. The van der Waals surface area contributed by atoms with Crippen molar-refractivity contribution in [2.45, 2.75) is 19.9 Å². The van der Waals surface area contributed by atoms with E-state index in [-0.39, 0.29) is 17.8 Å². The first-order chi connectivity index (χ1) is 15.5. The van der Waals surface area contributed by atoms with Gasteiger partial charge < -0.3 is 10.1 Å². The molecule has 3 aromatic carbocycles. The molecule has 0 aliphatic heterocycles. The lowest BCUT2D eigenvalue weighted by Gasteiger charge is -2.15. The van der Waals surface area contributed by atoms with Crippen molar-refractivity contribution in [3.8, 4) is 22.9 Å². The predicted molar refractivity (Wildman–Crippen MR) is 121 cm³/mol. The maximum atomic E-state index is 13.2. The van der Waals surface area contributed by atoms with Gasteiger partial charge in [-0.15, -0.1) is 0 Å². The van der Waals surface area contributed by atoms with Gasteiger partial charge in [-0.3, -0.25) is 4.79 Å². The van der Waals surface area contributed by atoms with Crippen molar-refractivity contribution < 1.29 is 13.9 Å². The van der Waals surface area contributed by atoms with E-state index < -0.39 is 0 Å². The van der Waals surface area contributed by atoms with Crippen LogP contribution in [0.1, 0.15) is 34.5 Å². The predicted octanol–water partition coefficient (Wildman–Crippen LogP) is 5.87. The Bertz CT molecular complexity index is 1220. The van der Waals surface area contributed by atoms with Gasteiger partial charge in [-0.1, -0.05) is 35.9 Å². The molecule has 0 saturated heterocycles. The zero-order valence-corrected chi connectivity index (χ0v) is 17.7. The van der Waals surface area contributed by atoms with Gasteiger partial charge in [-0.05, 0) is 61.9 Å². The van der Waals surface area contributed by atoms with E-state index in [0.717, 1.165) is 11.1 Å². The summed E-state index contributed by atoms with van der Waals surface area (Å²) in [5.41, 5.74) is 4.04. The molecule has 0 aliphatic carbocycles. The summed E-state index contributed by atoms with van der Waals surface area (Å²) in [6, 6.07) is 22.5. The highest BCUT2D eigenvalue weighted by atomic mass is 19.1. The second-order valence-corrected chi connectivity index (χ2v) is 7.48. The SMILES string of the molecule is Cc1ccc(C(C)NC(=O)c2cccc(Oc3cc(-c4ccc(F)cc4)ncn3)c2)cc1. The number of amides is 1. The quantitative estimate of drug-likeness (QED) is 0.418. The number of nitrogens with zero attached hydrogens (tertiary/aromatic N) is 2. The molecule has 1 amide bonds. The zero-order chi connectivity index (χ0) is 22.5. The number of carbonyl (C=O) groups excluding carboxylic acids is 1. The number of aromatic nitrogens is 2. The average Bonchev–Trinajstić information content (AvgIpc) is 2.80. The van der Waals surface area contributed by atoms with Crippen molar-refractivity contribution in [3.63, 3.8) is 0 Å². The number of hydrogen-bond donors (Lipinski definition) is 1. The summed E-state index contributed by atoms with van der Waals surface area (Å²) in [7, 11) is 0. The van der Waals surface area contributed by atoms with Crippen LogP contribution in [0.2, 0.25) is 0 Å². The van der Waals surface area contributed by atoms with Crippen LogP contribution < -0.4 is 10.1 Å². The van der Waals surface area contributed by atoms with Crippen molar-refractivity contribution in [1.29, 1.82) is 0 Å². The molecule has 4 rings (SSSR count). The van der Waals surface area contributed by atoms with Crippen LogP contribution in [-0.4, -0.2) is 15.9 Å². The monoisotopic (exact) mass is 427 g/mol. The smallest absolute Gasteiger partial charge is 0.251 e. The highest BCUT2D eigenvalue weighted by Gasteiger charge is 2.13. The van der Waals surface area contributed by atoms with Gasteiger partial charge in [-0.25, -0.2) is 14.4 Å². The first-order valence-electron chi connectivity index (χ1n) is 10.2. The van der Waals surface area contributed by atoms with E-state index >= 15 is 0 Å². The number of carbonyl (C=O) groups is 1. The lowest BCUT2D eigenvalue weighted by molar-refractivity contribution is 0.0939. The number of aryl methyl sites for hydroxylation is 1. The molecule has 160 valence electrons. The molecule has 1 heterocycles. The van der Waals surface area contributed by atoms with E-state index in [0.29, 0.717) is 22.9 Å². The Hall–Kier alpha value is -4.06. The van der Waals surface area contributed by atoms with Crippen molar-refractivity contribution in [1.82, 2.24) is 15.3 Å². The molecule has 0 fully saturated rings. The van der Waals surface area contributed by atoms with Crippen LogP contribution in [0.4, 0.5) is 4.39 Å². The highest BCUT2D eigenvalue weighted by molar-refractivity contribution is 5.94. The van der Waals surface area contributed by atoms with Gasteiger partial charge in [-0.2, -0.15) is 0 Å². The second-order valence-electron chi connectivity index (χ2n) is 7.48. The Morgan fingerprint density at radius 1 is 0.969 bits per heavy atom. The minimum Gasteiger partial charge on any atom is -0.439 e. The summed E-state index contributed by atoms with van der Waals surface area (Å²) < 4.78 is 19.0. The van der Waals surface area contributed by atoms with E-state index in [2.05, 4.69) is 15.3 Å². The summed E-state index contributed by atoms with van der Waals surface area (Å²) in [6.45, 7) is 3.97. The van der Waals surface area contributed by atoms with E-state index in [9.17, 15) is 9.18 Å². The fourth-order valence-electron chi connectivity index (χ4n) is 3.21. The van der Waals surface area contributed by atoms with Crippen LogP contribution in [0.15, 0.2) is 85.2 Å². The first kappa shape index (κ1) is 21.2. The average molecular weight is 427 g/mol. The summed E-state index contributed by atoms with van der Waals surface area (Å²) in [5, 5.41) is 3.01. The van der Waals surface area contributed by atoms with Gasteiger partial charge in [0.1, 0.15) is 17.9 Å². The Balaban J connectivity index is 1.47. The van der Waals surface area contributed by atoms with Gasteiger partial charge in [0, 0.05) is 17.2 Å². The van der Waals surface area contributed by atoms with Gasteiger partial charge in [0.2, 0.25) is 5.88 Å². The molecule has 1 aromatic heterocycles. The Labute approximate surface area is 185 Å². The largest absolute Gasteiger partial charge is 0.439 e. The molecule has 5 nitrogen and oxygen atoms in total. The topological polar surface area (TPSA) is 64.1 Å². The van der Waals surface area contributed by atoms with Gasteiger partial charge >= 0.3 is 0 Å². The third kappa shape index (κ3) is 5.16. The molecule has 1 N–H and O–H groups in total. The van der Waals surface area contributed by atoms with Crippen LogP contribution >= 0.6 is 0 Å². The summed E-state index contributed by atoms with van der Waals surface area (Å²) in [4.78, 5) is 21.1. The molecule has 0 aliphatic rings. The fraction of sp³-hybridized carbons (Fsp3) is 0.115. The standard InChI is InChI=1S/C26H22FN3O2/c1-17-6-8-19(9-7-17)18(2)30-26(31)21-4-3-5-23(14-21)32-25-15-24(28-16-29-25)20-10-12-22(27)13-11-20/h3-16,18H,1-2H3,(H,30,31). The number of rotatable bonds is 6. The van der Waals surface area contributed by atoms with Crippen LogP contribution in [0, 0.1) is 12.7 Å². The van der Waals surface area contributed by atoms with E-state index in [1.165, 1.54) is 24.0 Å². The van der Waals surface area contributed by atoms with Crippen molar-refractivity contribution in [2.75, 3.05) is 0 Å². The lowest BCUT2D eigenvalue weighted by Crippen LogP contribution is -2.26. The zero-order valence-electron chi connectivity index (χ0n) is 17.7. The summed E-state index contributed by atoms with van der Waals surface area (Å²) >= 11 is 0.